The monoisotopic (exact) mass is 673 g/mol. The second-order valence-corrected chi connectivity index (χ2v) is 13.2. The number of ether oxygens (including phenoxy) is 3. The van der Waals surface area contributed by atoms with E-state index in [1.54, 1.807) is 0 Å². The van der Waals surface area contributed by atoms with Crippen molar-refractivity contribution in [3.8, 4) is 0 Å². The number of carbonyl (C=O) groups excluding carboxylic acids is 2. The van der Waals surface area contributed by atoms with E-state index in [1.807, 2.05) is 0 Å². The van der Waals surface area contributed by atoms with Gasteiger partial charge in [-0.1, -0.05) is 166 Å². The third-order valence-electron chi connectivity index (χ3n) is 8.38. The molecule has 0 fully saturated rings. The predicted molar refractivity (Wildman–Crippen MR) is 205 cm³/mol. The Kier molecular flexibility index (Phi) is 37.5. The molecule has 0 aliphatic rings. The van der Waals surface area contributed by atoms with E-state index < -0.39 is 6.10 Å². The largest absolute Gasteiger partial charge is 0.462 e. The summed E-state index contributed by atoms with van der Waals surface area (Å²) in [5.74, 6) is -0.432. The van der Waals surface area contributed by atoms with Gasteiger partial charge in [0.05, 0.1) is 6.61 Å². The lowest BCUT2D eigenvalue weighted by molar-refractivity contribution is -0.163. The molecule has 0 aromatic heterocycles. The molecule has 0 N–H and O–H groups in total. The molecule has 0 aliphatic carbocycles. The minimum atomic E-state index is -0.536. The lowest BCUT2D eigenvalue weighted by Gasteiger charge is -2.18. The van der Waals surface area contributed by atoms with Crippen LogP contribution < -0.4 is 0 Å². The standard InChI is InChI=1S/C43H76O5/c1-4-7-10-13-16-18-19-20-21-22-23-24-25-26-28-30-33-36-42(44)47-40-41(39-46-38-35-32-29-17-14-11-8-5-2)48-43(45)37-34-31-27-15-12-9-6-3/h7,10,16,18,20-21,23-24,41H,4-6,8-9,11-15,17,19,22,25-40H2,1-3H3/b10-7-,18-16-,21-20-,24-23-. The topological polar surface area (TPSA) is 61.8 Å². The van der Waals surface area contributed by atoms with Gasteiger partial charge in [-0.3, -0.25) is 9.59 Å². The van der Waals surface area contributed by atoms with Crippen LogP contribution in [0.2, 0.25) is 0 Å². The van der Waals surface area contributed by atoms with Crippen molar-refractivity contribution in [3.63, 3.8) is 0 Å². The summed E-state index contributed by atoms with van der Waals surface area (Å²) >= 11 is 0. The number of rotatable bonds is 36. The van der Waals surface area contributed by atoms with Gasteiger partial charge < -0.3 is 14.2 Å². The summed E-state index contributed by atoms with van der Waals surface area (Å²) in [4.78, 5) is 25.0. The smallest absolute Gasteiger partial charge is 0.306 e. The van der Waals surface area contributed by atoms with Crippen molar-refractivity contribution >= 4 is 11.9 Å². The molecule has 0 heterocycles. The summed E-state index contributed by atoms with van der Waals surface area (Å²) in [5, 5.41) is 0. The molecule has 1 atom stereocenters. The van der Waals surface area contributed by atoms with Crippen molar-refractivity contribution in [2.24, 2.45) is 0 Å². The summed E-state index contributed by atoms with van der Waals surface area (Å²) in [5.41, 5.74) is 0. The number of hydrogen-bond acceptors (Lipinski definition) is 5. The second kappa shape index (κ2) is 39.3. The van der Waals surface area contributed by atoms with Crippen LogP contribution in [0.5, 0.6) is 0 Å². The molecule has 0 radical (unpaired) electrons. The molecular weight excluding hydrogens is 596 g/mol. The number of allylic oxidation sites excluding steroid dienone is 8. The van der Waals surface area contributed by atoms with E-state index in [2.05, 4.69) is 69.4 Å². The molecule has 0 aliphatic heterocycles. The lowest BCUT2D eigenvalue weighted by atomic mass is 10.1. The van der Waals surface area contributed by atoms with Crippen LogP contribution in [0.25, 0.3) is 0 Å². The van der Waals surface area contributed by atoms with Gasteiger partial charge in [0.15, 0.2) is 6.10 Å². The van der Waals surface area contributed by atoms with Crippen LogP contribution in [0.1, 0.15) is 188 Å². The highest BCUT2D eigenvalue weighted by molar-refractivity contribution is 5.70. The first-order valence-corrected chi connectivity index (χ1v) is 20.2. The van der Waals surface area contributed by atoms with Gasteiger partial charge in [-0.05, 0) is 57.8 Å². The zero-order chi connectivity index (χ0) is 35.0. The molecule has 0 bridgehead atoms. The van der Waals surface area contributed by atoms with Gasteiger partial charge in [-0.2, -0.15) is 0 Å². The average molecular weight is 673 g/mol. The summed E-state index contributed by atoms with van der Waals surface area (Å²) in [6, 6.07) is 0. The van der Waals surface area contributed by atoms with Crippen molar-refractivity contribution in [3.05, 3.63) is 48.6 Å². The van der Waals surface area contributed by atoms with E-state index in [1.165, 1.54) is 70.6 Å². The fraction of sp³-hybridized carbons (Fsp3) is 0.767. The van der Waals surface area contributed by atoms with Crippen LogP contribution in [0.15, 0.2) is 48.6 Å². The molecule has 1 unspecified atom stereocenters. The highest BCUT2D eigenvalue weighted by Crippen LogP contribution is 2.12. The van der Waals surface area contributed by atoms with Crippen LogP contribution in [-0.4, -0.2) is 37.9 Å². The zero-order valence-corrected chi connectivity index (χ0v) is 31.7. The first kappa shape index (κ1) is 45.9. The third kappa shape index (κ3) is 36.7. The van der Waals surface area contributed by atoms with Crippen LogP contribution in [-0.2, 0) is 23.8 Å². The quantitative estimate of drug-likeness (QED) is 0.0376. The van der Waals surface area contributed by atoms with Crippen molar-refractivity contribution in [1.29, 1.82) is 0 Å². The Balaban J connectivity index is 4.17. The van der Waals surface area contributed by atoms with E-state index >= 15 is 0 Å². The molecule has 0 aromatic carbocycles. The zero-order valence-electron chi connectivity index (χ0n) is 31.7. The molecule has 0 aromatic rings. The Bertz CT molecular complexity index is 812. The highest BCUT2D eigenvalue weighted by atomic mass is 16.6. The molecule has 5 heteroatoms. The minimum absolute atomic E-state index is 0.0743. The maximum Gasteiger partial charge on any atom is 0.306 e. The summed E-state index contributed by atoms with van der Waals surface area (Å²) < 4.78 is 17.1. The fourth-order valence-electron chi connectivity index (χ4n) is 5.38. The normalized spacial score (nSPS) is 12.6. The average Bonchev–Trinajstić information content (AvgIpc) is 3.08. The first-order chi connectivity index (χ1) is 23.6. The Morgan fingerprint density at radius 3 is 1.50 bits per heavy atom. The second-order valence-electron chi connectivity index (χ2n) is 13.2. The van der Waals surface area contributed by atoms with Crippen molar-refractivity contribution in [2.75, 3.05) is 19.8 Å². The predicted octanol–water partition coefficient (Wildman–Crippen LogP) is 12.9. The van der Waals surface area contributed by atoms with Crippen LogP contribution in [0.4, 0.5) is 0 Å². The van der Waals surface area contributed by atoms with Gasteiger partial charge in [-0.15, -0.1) is 0 Å². The number of esters is 2. The summed E-state index contributed by atoms with van der Waals surface area (Å²) in [7, 11) is 0. The van der Waals surface area contributed by atoms with Crippen molar-refractivity contribution < 1.29 is 23.8 Å². The van der Waals surface area contributed by atoms with Gasteiger partial charge in [0, 0.05) is 19.4 Å². The number of unbranched alkanes of at least 4 members (excludes halogenated alkanes) is 17. The Labute approximate surface area is 297 Å². The Morgan fingerprint density at radius 2 is 0.938 bits per heavy atom. The minimum Gasteiger partial charge on any atom is -0.462 e. The highest BCUT2D eigenvalue weighted by Gasteiger charge is 2.17. The third-order valence-corrected chi connectivity index (χ3v) is 8.38. The van der Waals surface area contributed by atoms with E-state index in [9.17, 15) is 9.59 Å². The summed E-state index contributed by atoms with van der Waals surface area (Å²) in [6.07, 6.45) is 45.4. The van der Waals surface area contributed by atoms with E-state index in [4.69, 9.17) is 14.2 Å². The molecule has 0 saturated carbocycles. The Hall–Kier alpha value is -2.14. The molecule has 0 spiro atoms. The van der Waals surface area contributed by atoms with Gasteiger partial charge in [0.25, 0.3) is 0 Å². The van der Waals surface area contributed by atoms with Crippen LogP contribution >= 0.6 is 0 Å². The molecule has 0 saturated heterocycles. The molecule has 0 amide bonds. The Morgan fingerprint density at radius 1 is 0.479 bits per heavy atom. The van der Waals surface area contributed by atoms with Crippen molar-refractivity contribution in [1.82, 2.24) is 0 Å². The van der Waals surface area contributed by atoms with Gasteiger partial charge in [0.1, 0.15) is 6.61 Å². The molecular formula is C43H76O5. The molecule has 0 rings (SSSR count). The lowest BCUT2D eigenvalue weighted by Crippen LogP contribution is -2.30. The van der Waals surface area contributed by atoms with Gasteiger partial charge in [-0.25, -0.2) is 0 Å². The molecule has 278 valence electrons. The molecule has 5 nitrogen and oxygen atoms in total. The van der Waals surface area contributed by atoms with E-state index in [0.717, 1.165) is 83.5 Å². The molecule has 48 heavy (non-hydrogen) atoms. The fourth-order valence-corrected chi connectivity index (χ4v) is 5.38. The first-order valence-electron chi connectivity index (χ1n) is 20.2. The summed E-state index contributed by atoms with van der Waals surface area (Å²) in [6.45, 7) is 7.63. The van der Waals surface area contributed by atoms with Gasteiger partial charge >= 0.3 is 11.9 Å². The van der Waals surface area contributed by atoms with E-state index in [-0.39, 0.29) is 25.2 Å². The van der Waals surface area contributed by atoms with E-state index in [0.29, 0.717) is 19.4 Å². The van der Waals surface area contributed by atoms with Crippen LogP contribution in [0, 0.1) is 0 Å². The van der Waals surface area contributed by atoms with Gasteiger partial charge in [0.2, 0.25) is 0 Å². The van der Waals surface area contributed by atoms with Crippen molar-refractivity contribution in [2.45, 2.75) is 194 Å². The maximum atomic E-state index is 12.5. The SMILES string of the molecule is CC/C=C\C/C=C\C/C=C\C/C=C\CCCCCCC(=O)OCC(COCCCCCCCCCC)OC(=O)CCCCCCCCC. The number of hydrogen-bond donors (Lipinski definition) is 0. The number of carbonyl (C=O) groups is 2. The maximum absolute atomic E-state index is 12.5. The van der Waals surface area contributed by atoms with Crippen LogP contribution in [0.3, 0.4) is 0 Å².